The minimum absolute atomic E-state index is 0.131. The van der Waals surface area contributed by atoms with Gasteiger partial charge in [0.15, 0.2) is 17.1 Å². The minimum Gasteiger partial charge on any atom is -0.325 e. The Balaban J connectivity index is 1.42. The molecule has 0 aliphatic heterocycles. The predicted molar refractivity (Wildman–Crippen MR) is 140 cm³/mol. The Bertz CT molecular complexity index is 1820. The van der Waals surface area contributed by atoms with E-state index in [2.05, 4.69) is 40.4 Å². The molecule has 3 N–H and O–H groups in total. The molecule has 0 bridgehead atoms. The topological polar surface area (TPSA) is 143 Å². The number of H-pyrrole nitrogens is 2. The maximum Gasteiger partial charge on any atom is 0.224 e. The van der Waals surface area contributed by atoms with Gasteiger partial charge in [-0.1, -0.05) is 13.8 Å². The van der Waals surface area contributed by atoms with E-state index in [1.165, 1.54) is 18.6 Å². The number of nitrogens with one attached hydrogen (secondary N) is 3. The van der Waals surface area contributed by atoms with Crippen LogP contribution in [0.25, 0.3) is 50.5 Å². The fourth-order valence-electron chi connectivity index (χ4n) is 4.34. The fraction of sp³-hybridized carbons (Fsp3) is 0.192. The summed E-state index contributed by atoms with van der Waals surface area (Å²) >= 11 is 0. The minimum atomic E-state index is -0.537. The van der Waals surface area contributed by atoms with Crippen molar-refractivity contribution in [2.75, 3.05) is 5.32 Å². The van der Waals surface area contributed by atoms with Crippen LogP contribution in [0, 0.1) is 18.7 Å². The number of fused-ring (bicyclic) bond motifs is 2. The molecule has 0 aromatic carbocycles. The first-order valence-electron chi connectivity index (χ1n) is 12.0. The van der Waals surface area contributed by atoms with Crippen molar-refractivity contribution < 1.29 is 9.18 Å². The number of amides is 1. The molecule has 0 aliphatic rings. The largest absolute Gasteiger partial charge is 0.325 e. The van der Waals surface area contributed by atoms with E-state index in [0.29, 0.717) is 34.7 Å². The quantitative estimate of drug-likeness (QED) is 0.298. The van der Waals surface area contributed by atoms with Crippen molar-refractivity contribution in [3.05, 3.63) is 61.0 Å². The molecule has 0 spiro atoms. The Kier molecular flexibility index (Phi) is 5.63. The van der Waals surface area contributed by atoms with Crippen LogP contribution in [0.2, 0.25) is 0 Å². The van der Waals surface area contributed by atoms with Crippen LogP contribution in [0.15, 0.2) is 49.4 Å². The van der Waals surface area contributed by atoms with Gasteiger partial charge in [0.2, 0.25) is 5.91 Å². The lowest BCUT2D eigenvalue weighted by Gasteiger charge is -2.09. The molecule has 190 valence electrons. The standard InChI is InChI=1S/C26H23FN10O/c1-13(2)6-19(38)32-16-7-15(8-28-9-16)17-10-30-24-20(21(17)27)23(35-36-24)26-33-22-18(4-5-29-25(22)34-26)37-11-14(3)31-12-37/h4-5,7-13H,6H2,1-3H3,(H,32,38)(H,29,33,34)(H,30,35,36). The van der Waals surface area contributed by atoms with E-state index in [1.54, 1.807) is 18.6 Å². The zero-order valence-corrected chi connectivity index (χ0v) is 20.8. The van der Waals surface area contributed by atoms with Gasteiger partial charge in [-0.05, 0) is 25.0 Å². The van der Waals surface area contributed by atoms with Crippen LogP contribution >= 0.6 is 0 Å². The number of aromatic amines is 2. The second kappa shape index (κ2) is 9.14. The molecule has 6 heterocycles. The summed E-state index contributed by atoms with van der Waals surface area (Å²) in [7, 11) is 0. The summed E-state index contributed by atoms with van der Waals surface area (Å²) in [5.41, 5.74) is 4.47. The summed E-state index contributed by atoms with van der Waals surface area (Å²) in [6.07, 6.45) is 10.1. The monoisotopic (exact) mass is 510 g/mol. The number of halogens is 1. The normalized spacial score (nSPS) is 11.6. The third-order valence-corrected chi connectivity index (χ3v) is 6.03. The summed E-state index contributed by atoms with van der Waals surface area (Å²) in [6, 6.07) is 3.50. The Morgan fingerprint density at radius 2 is 2.03 bits per heavy atom. The van der Waals surface area contributed by atoms with Gasteiger partial charge in [-0.3, -0.25) is 14.9 Å². The molecule has 6 rings (SSSR count). The third-order valence-electron chi connectivity index (χ3n) is 6.03. The lowest BCUT2D eigenvalue weighted by molar-refractivity contribution is -0.116. The van der Waals surface area contributed by atoms with Gasteiger partial charge in [-0.15, -0.1) is 0 Å². The number of pyridine rings is 3. The van der Waals surface area contributed by atoms with Crippen LogP contribution in [0.5, 0.6) is 0 Å². The summed E-state index contributed by atoms with van der Waals surface area (Å²) in [4.78, 5) is 37.3. The number of aryl methyl sites for hydroxylation is 1. The van der Waals surface area contributed by atoms with Gasteiger partial charge in [0.25, 0.3) is 0 Å². The van der Waals surface area contributed by atoms with Gasteiger partial charge in [-0.25, -0.2) is 24.3 Å². The van der Waals surface area contributed by atoms with E-state index in [0.717, 1.165) is 11.4 Å². The summed E-state index contributed by atoms with van der Waals surface area (Å²) < 4.78 is 17.9. The lowest BCUT2D eigenvalue weighted by Crippen LogP contribution is -2.14. The van der Waals surface area contributed by atoms with E-state index in [1.807, 2.05) is 37.6 Å². The second-order valence-electron chi connectivity index (χ2n) is 9.43. The number of anilines is 1. The molecule has 0 atom stereocenters. The van der Waals surface area contributed by atoms with E-state index in [9.17, 15) is 4.79 Å². The van der Waals surface area contributed by atoms with Crippen molar-refractivity contribution in [3.8, 4) is 28.3 Å². The number of hydrogen-bond acceptors (Lipinski definition) is 7. The number of imidazole rings is 2. The third kappa shape index (κ3) is 4.15. The van der Waals surface area contributed by atoms with Crippen LogP contribution < -0.4 is 5.32 Å². The van der Waals surface area contributed by atoms with E-state index >= 15 is 4.39 Å². The van der Waals surface area contributed by atoms with Crippen molar-refractivity contribution >= 4 is 33.8 Å². The van der Waals surface area contributed by atoms with E-state index < -0.39 is 5.82 Å². The second-order valence-corrected chi connectivity index (χ2v) is 9.43. The molecule has 12 heteroatoms. The molecular weight excluding hydrogens is 487 g/mol. The Hall–Kier alpha value is -5.00. The van der Waals surface area contributed by atoms with Crippen molar-refractivity contribution in [1.29, 1.82) is 0 Å². The number of carbonyl (C=O) groups is 1. The van der Waals surface area contributed by atoms with Gasteiger partial charge in [-0.2, -0.15) is 5.10 Å². The van der Waals surface area contributed by atoms with Crippen LogP contribution in [0.4, 0.5) is 10.1 Å². The zero-order chi connectivity index (χ0) is 26.4. The molecule has 0 saturated carbocycles. The highest BCUT2D eigenvalue weighted by molar-refractivity contribution is 5.95. The van der Waals surface area contributed by atoms with Crippen molar-refractivity contribution in [2.45, 2.75) is 27.2 Å². The first kappa shape index (κ1) is 23.4. The van der Waals surface area contributed by atoms with E-state index in [-0.39, 0.29) is 34.1 Å². The van der Waals surface area contributed by atoms with Crippen molar-refractivity contribution in [1.82, 2.24) is 44.7 Å². The maximum atomic E-state index is 16.0. The lowest BCUT2D eigenvalue weighted by atomic mass is 10.1. The van der Waals surface area contributed by atoms with Crippen LogP contribution in [0.3, 0.4) is 0 Å². The van der Waals surface area contributed by atoms with Crippen LogP contribution in [0.1, 0.15) is 26.0 Å². The number of aromatic nitrogens is 9. The summed E-state index contributed by atoms with van der Waals surface area (Å²) in [6.45, 7) is 5.83. The van der Waals surface area contributed by atoms with E-state index in [4.69, 9.17) is 4.98 Å². The van der Waals surface area contributed by atoms with Gasteiger partial charge in [0, 0.05) is 42.3 Å². The average molecular weight is 511 g/mol. The Morgan fingerprint density at radius 1 is 1.16 bits per heavy atom. The van der Waals surface area contributed by atoms with Crippen LogP contribution in [-0.2, 0) is 4.79 Å². The molecule has 0 aliphatic carbocycles. The van der Waals surface area contributed by atoms with Crippen molar-refractivity contribution in [2.24, 2.45) is 5.92 Å². The van der Waals surface area contributed by atoms with Gasteiger partial charge in [0.1, 0.15) is 17.0 Å². The predicted octanol–water partition coefficient (Wildman–Crippen LogP) is 4.58. The number of hydrogen-bond donors (Lipinski definition) is 3. The molecule has 11 nitrogen and oxygen atoms in total. The van der Waals surface area contributed by atoms with Crippen LogP contribution in [-0.4, -0.2) is 50.6 Å². The molecular formula is C26H23FN10O. The highest BCUT2D eigenvalue weighted by Gasteiger charge is 2.22. The molecule has 6 aromatic rings. The van der Waals surface area contributed by atoms with Gasteiger partial charge < -0.3 is 14.9 Å². The number of rotatable bonds is 6. The number of nitrogens with zero attached hydrogens (tertiary/aromatic N) is 7. The SMILES string of the molecule is Cc1cn(-c2ccnc3[nH]c(-c4n[nH]c5ncc(-c6cncc(NC(=O)CC(C)C)c6)c(F)c45)nc23)cn1. The number of carbonyl (C=O) groups excluding carboxylic acids is 1. The molecule has 0 fully saturated rings. The summed E-state index contributed by atoms with van der Waals surface area (Å²) in [5.74, 6) is -0.115. The summed E-state index contributed by atoms with van der Waals surface area (Å²) in [5, 5.41) is 10.1. The zero-order valence-electron chi connectivity index (χ0n) is 20.8. The molecule has 6 aromatic heterocycles. The molecule has 0 radical (unpaired) electrons. The highest BCUT2D eigenvalue weighted by Crippen LogP contribution is 2.33. The molecule has 0 unspecified atom stereocenters. The van der Waals surface area contributed by atoms with Gasteiger partial charge >= 0.3 is 0 Å². The molecule has 0 saturated heterocycles. The highest BCUT2D eigenvalue weighted by atomic mass is 19.1. The first-order valence-corrected chi connectivity index (χ1v) is 12.0. The average Bonchev–Trinajstić information content (AvgIpc) is 3.61. The first-order chi connectivity index (χ1) is 18.4. The molecule has 38 heavy (non-hydrogen) atoms. The molecule has 1 amide bonds. The maximum absolute atomic E-state index is 16.0. The fourth-order valence-corrected chi connectivity index (χ4v) is 4.34. The Labute approximate surface area is 215 Å². The van der Waals surface area contributed by atoms with Gasteiger partial charge in [0.05, 0.1) is 35.0 Å². The smallest absolute Gasteiger partial charge is 0.224 e. The Morgan fingerprint density at radius 3 is 2.82 bits per heavy atom. The van der Waals surface area contributed by atoms with Crippen molar-refractivity contribution in [3.63, 3.8) is 0 Å².